The summed E-state index contributed by atoms with van der Waals surface area (Å²) in [5.74, 6) is 0.906. The number of halogens is 1. The standard InChI is InChI=1S/C23H24FN3S2/c1-2-3-7-18-16-5-4-6-17(16)19-20-21(29-22(19)27-18)23(26-13-25-20)28-12-14-8-10-15(24)11-9-14/h8-11,13,19,22H,2-7,12H2,1H3/t19-,22+/m0/s1. The average molecular weight is 426 g/mol. The number of thioether (sulfide) groups is 2. The Kier molecular flexibility index (Phi) is 5.48. The van der Waals surface area contributed by atoms with Crippen molar-refractivity contribution in [2.75, 3.05) is 0 Å². The molecule has 3 nitrogen and oxygen atoms in total. The Labute approximate surface area is 179 Å². The number of allylic oxidation sites excluding steroid dienone is 1. The molecule has 0 N–H and O–H groups in total. The van der Waals surface area contributed by atoms with Crippen molar-refractivity contribution in [1.82, 2.24) is 9.97 Å². The molecule has 1 aromatic carbocycles. The lowest BCUT2D eigenvalue weighted by molar-refractivity contribution is 0.627. The van der Waals surface area contributed by atoms with E-state index in [9.17, 15) is 4.39 Å². The van der Waals surface area contributed by atoms with E-state index in [4.69, 9.17) is 9.98 Å². The van der Waals surface area contributed by atoms with Crippen LogP contribution in [0.4, 0.5) is 4.39 Å². The first-order valence-corrected chi connectivity index (χ1v) is 12.3. The van der Waals surface area contributed by atoms with Gasteiger partial charge in [-0.1, -0.05) is 42.8 Å². The van der Waals surface area contributed by atoms with Gasteiger partial charge in [-0.2, -0.15) is 0 Å². The SMILES string of the molecule is CCCCC1=N[C@@H]2Sc3c(SCc4ccc(F)cc4)ncnc3[C@@H]2C2=C1CCC2. The van der Waals surface area contributed by atoms with Gasteiger partial charge in [-0.15, -0.1) is 11.8 Å². The van der Waals surface area contributed by atoms with Crippen LogP contribution in [0.5, 0.6) is 0 Å². The lowest BCUT2D eigenvalue weighted by Gasteiger charge is -2.26. The summed E-state index contributed by atoms with van der Waals surface area (Å²) in [6.07, 6.45) is 8.84. The molecule has 0 amide bonds. The summed E-state index contributed by atoms with van der Waals surface area (Å²) in [6, 6.07) is 6.72. The molecule has 3 aliphatic rings. The van der Waals surface area contributed by atoms with E-state index in [1.165, 1.54) is 66.1 Å². The fourth-order valence-electron chi connectivity index (χ4n) is 4.53. The molecule has 3 heterocycles. The molecule has 0 saturated carbocycles. The molecule has 0 spiro atoms. The lowest BCUT2D eigenvalue weighted by atomic mass is 9.87. The van der Waals surface area contributed by atoms with Crippen LogP contribution < -0.4 is 0 Å². The van der Waals surface area contributed by atoms with Crippen LogP contribution in [0.15, 0.2) is 56.7 Å². The third kappa shape index (κ3) is 3.66. The van der Waals surface area contributed by atoms with Crippen LogP contribution in [-0.2, 0) is 5.75 Å². The molecule has 2 aliphatic heterocycles. The Morgan fingerprint density at radius 2 is 2.03 bits per heavy atom. The molecule has 150 valence electrons. The van der Waals surface area contributed by atoms with Gasteiger partial charge >= 0.3 is 0 Å². The van der Waals surface area contributed by atoms with Gasteiger partial charge in [0, 0.05) is 11.5 Å². The quantitative estimate of drug-likeness (QED) is 0.389. The first-order chi connectivity index (χ1) is 14.2. The normalized spacial score (nSPS) is 22.3. The third-order valence-corrected chi connectivity index (χ3v) is 8.39. The van der Waals surface area contributed by atoms with Gasteiger partial charge in [0.1, 0.15) is 22.5 Å². The van der Waals surface area contributed by atoms with Crippen molar-refractivity contribution in [3.63, 3.8) is 0 Å². The Morgan fingerprint density at radius 3 is 2.86 bits per heavy atom. The first kappa shape index (κ1) is 19.3. The minimum absolute atomic E-state index is 0.196. The first-order valence-electron chi connectivity index (χ1n) is 10.4. The molecule has 0 bridgehead atoms. The van der Waals surface area contributed by atoms with Crippen molar-refractivity contribution < 1.29 is 4.39 Å². The van der Waals surface area contributed by atoms with Gasteiger partial charge in [-0.3, -0.25) is 4.99 Å². The smallest absolute Gasteiger partial charge is 0.123 e. The number of aliphatic imine (C=N–C) groups is 1. The van der Waals surface area contributed by atoms with E-state index in [1.54, 1.807) is 23.7 Å². The zero-order chi connectivity index (χ0) is 19.8. The molecule has 2 atom stereocenters. The van der Waals surface area contributed by atoms with Gasteiger partial charge in [-0.25, -0.2) is 14.4 Å². The fourth-order valence-corrected chi connectivity index (χ4v) is 7.01. The predicted molar refractivity (Wildman–Crippen MR) is 118 cm³/mol. The number of unbranched alkanes of at least 4 members (excludes halogenated alkanes) is 1. The van der Waals surface area contributed by atoms with E-state index in [2.05, 4.69) is 11.9 Å². The van der Waals surface area contributed by atoms with Gasteiger partial charge < -0.3 is 0 Å². The van der Waals surface area contributed by atoms with Crippen LogP contribution in [0.1, 0.15) is 62.6 Å². The Balaban J connectivity index is 1.42. The van der Waals surface area contributed by atoms with Crippen LogP contribution in [-0.4, -0.2) is 21.1 Å². The zero-order valence-corrected chi connectivity index (χ0v) is 18.2. The summed E-state index contributed by atoms with van der Waals surface area (Å²) in [4.78, 5) is 15.7. The van der Waals surface area contributed by atoms with E-state index in [1.807, 2.05) is 23.9 Å². The lowest BCUT2D eigenvalue weighted by Crippen LogP contribution is -2.21. The van der Waals surface area contributed by atoms with Crippen molar-refractivity contribution in [1.29, 1.82) is 0 Å². The Bertz CT molecular complexity index is 984. The van der Waals surface area contributed by atoms with E-state index in [0.29, 0.717) is 5.92 Å². The number of fused-ring (bicyclic) bond motifs is 4. The number of benzene rings is 1. The third-order valence-electron chi connectivity index (χ3n) is 5.94. The van der Waals surface area contributed by atoms with Gasteiger partial charge in [0.25, 0.3) is 0 Å². The molecular weight excluding hydrogens is 401 g/mol. The Hall–Kier alpha value is -1.66. The van der Waals surface area contributed by atoms with Crippen molar-refractivity contribution >= 4 is 29.2 Å². The molecule has 2 aromatic rings. The molecule has 5 rings (SSSR count). The minimum Gasteiger partial charge on any atom is -0.274 e. The molecule has 1 aromatic heterocycles. The highest BCUT2D eigenvalue weighted by Gasteiger charge is 2.43. The van der Waals surface area contributed by atoms with Crippen LogP contribution in [0, 0.1) is 5.82 Å². The van der Waals surface area contributed by atoms with E-state index >= 15 is 0 Å². The number of nitrogens with zero attached hydrogens (tertiary/aromatic N) is 3. The maximum atomic E-state index is 13.2. The maximum Gasteiger partial charge on any atom is 0.123 e. The topological polar surface area (TPSA) is 38.1 Å². The molecule has 29 heavy (non-hydrogen) atoms. The summed E-state index contributed by atoms with van der Waals surface area (Å²) in [5.41, 5.74) is 6.76. The number of hydrogen-bond donors (Lipinski definition) is 0. The van der Waals surface area contributed by atoms with Gasteiger partial charge in [0.15, 0.2) is 0 Å². The minimum atomic E-state index is -0.196. The number of dihydropyridines is 1. The number of rotatable bonds is 6. The molecule has 1 aliphatic carbocycles. The molecule has 0 radical (unpaired) electrons. The van der Waals surface area contributed by atoms with Crippen LogP contribution in [0.25, 0.3) is 0 Å². The van der Waals surface area contributed by atoms with Crippen molar-refractivity contribution in [2.24, 2.45) is 4.99 Å². The van der Waals surface area contributed by atoms with Gasteiger partial charge in [-0.05, 0) is 55.4 Å². The summed E-state index contributed by atoms with van der Waals surface area (Å²) in [5, 5.41) is 1.25. The summed E-state index contributed by atoms with van der Waals surface area (Å²) in [6.45, 7) is 2.25. The van der Waals surface area contributed by atoms with Gasteiger partial charge in [0.05, 0.1) is 16.5 Å². The van der Waals surface area contributed by atoms with Crippen molar-refractivity contribution in [3.8, 4) is 0 Å². The van der Waals surface area contributed by atoms with Crippen LogP contribution in [0.3, 0.4) is 0 Å². The van der Waals surface area contributed by atoms with E-state index < -0.39 is 0 Å². The molecule has 0 saturated heterocycles. The summed E-state index contributed by atoms with van der Waals surface area (Å²) < 4.78 is 13.2. The predicted octanol–water partition coefficient (Wildman–Crippen LogP) is 6.55. The molecule has 0 unspecified atom stereocenters. The highest BCUT2D eigenvalue weighted by Crippen LogP contribution is 2.56. The highest BCUT2D eigenvalue weighted by atomic mass is 32.2. The van der Waals surface area contributed by atoms with Crippen LogP contribution in [0.2, 0.25) is 0 Å². The average Bonchev–Trinajstić information content (AvgIpc) is 3.36. The largest absolute Gasteiger partial charge is 0.274 e. The summed E-state index contributed by atoms with van der Waals surface area (Å²) >= 11 is 3.55. The second-order valence-electron chi connectivity index (χ2n) is 7.83. The van der Waals surface area contributed by atoms with E-state index in [0.717, 1.165) is 22.8 Å². The highest BCUT2D eigenvalue weighted by molar-refractivity contribution is 8.02. The monoisotopic (exact) mass is 425 g/mol. The molecule has 6 heteroatoms. The number of aromatic nitrogens is 2. The van der Waals surface area contributed by atoms with Crippen molar-refractivity contribution in [3.05, 3.63) is 58.8 Å². The maximum absolute atomic E-state index is 13.2. The second kappa shape index (κ2) is 8.23. The molecular formula is C23H24FN3S2. The molecule has 0 fully saturated rings. The second-order valence-corrected chi connectivity index (χ2v) is 9.92. The van der Waals surface area contributed by atoms with E-state index in [-0.39, 0.29) is 11.2 Å². The van der Waals surface area contributed by atoms with Crippen molar-refractivity contribution in [2.45, 2.75) is 72.4 Å². The Morgan fingerprint density at radius 1 is 1.17 bits per heavy atom. The fraction of sp³-hybridized carbons (Fsp3) is 0.435. The van der Waals surface area contributed by atoms with Crippen LogP contribution >= 0.6 is 23.5 Å². The summed E-state index contributed by atoms with van der Waals surface area (Å²) in [7, 11) is 0. The number of hydrogen-bond acceptors (Lipinski definition) is 5. The van der Waals surface area contributed by atoms with Gasteiger partial charge in [0.2, 0.25) is 0 Å². The zero-order valence-electron chi connectivity index (χ0n) is 16.5.